The number of nitro benzene ring substituents is 1. The van der Waals surface area contributed by atoms with Crippen LogP contribution in [0.25, 0.3) is 17.4 Å². The van der Waals surface area contributed by atoms with Crippen LogP contribution in [0.1, 0.15) is 23.8 Å². The molecular weight excluding hydrogens is 410 g/mol. The van der Waals surface area contributed by atoms with Gasteiger partial charge in [0.25, 0.3) is 11.6 Å². The number of carbonyl (C=O) groups is 1. The highest BCUT2D eigenvalue weighted by molar-refractivity contribution is 6.09. The zero-order chi connectivity index (χ0) is 23.3. The molecule has 8 nitrogen and oxygen atoms in total. The Morgan fingerprint density at radius 2 is 1.94 bits per heavy atom. The Morgan fingerprint density at radius 1 is 1.22 bits per heavy atom. The Hall–Kier alpha value is -4.38. The summed E-state index contributed by atoms with van der Waals surface area (Å²) in [6, 6.07) is 15.1. The van der Waals surface area contributed by atoms with Crippen molar-refractivity contribution >= 4 is 23.4 Å². The van der Waals surface area contributed by atoms with Gasteiger partial charge in [-0.15, -0.1) is 0 Å². The Kier molecular flexibility index (Phi) is 6.71. The Bertz CT molecular complexity index is 1230. The number of carbonyl (C=O) groups excluding carboxylic acids is 1. The van der Waals surface area contributed by atoms with Crippen molar-refractivity contribution < 1.29 is 18.9 Å². The lowest BCUT2D eigenvalue weighted by molar-refractivity contribution is -0.385. The molecule has 0 aliphatic heterocycles. The van der Waals surface area contributed by atoms with Gasteiger partial charge in [-0.2, -0.15) is 5.26 Å². The van der Waals surface area contributed by atoms with Crippen LogP contribution in [0.3, 0.4) is 0 Å². The minimum Gasteiger partial charge on any atom is -0.494 e. The molecule has 0 aliphatic rings. The van der Waals surface area contributed by atoms with Crippen molar-refractivity contribution in [1.82, 2.24) is 0 Å². The molecular formula is C24H21N3O5. The predicted molar refractivity (Wildman–Crippen MR) is 120 cm³/mol. The second kappa shape index (κ2) is 9.62. The molecule has 0 aliphatic carbocycles. The second-order valence-electron chi connectivity index (χ2n) is 6.98. The van der Waals surface area contributed by atoms with E-state index >= 15 is 0 Å². The lowest BCUT2D eigenvalue weighted by Crippen LogP contribution is -2.13. The van der Waals surface area contributed by atoms with Crippen LogP contribution in [0.15, 0.2) is 58.5 Å². The molecule has 0 spiro atoms. The molecule has 3 rings (SSSR count). The molecule has 1 aromatic heterocycles. The van der Waals surface area contributed by atoms with E-state index in [0.717, 1.165) is 5.56 Å². The Labute approximate surface area is 184 Å². The topological polar surface area (TPSA) is 118 Å². The highest BCUT2D eigenvalue weighted by Crippen LogP contribution is 2.31. The molecule has 162 valence electrons. The first kappa shape index (κ1) is 22.3. The maximum Gasteiger partial charge on any atom is 0.273 e. The van der Waals surface area contributed by atoms with E-state index in [-0.39, 0.29) is 17.0 Å². The van der Waals surface area contributed by atoms with Crippen LogP contribution >= 0.6 is 0 Å². The first-order valence-electron chi connectivity index (χ1n) is 9.84. The number of aryl methyl sites for hydroxylation is 1. The number of furan rings is 1. The smallest absolute Gasteiger partial charge is 0.273 e. The standard InChI is InChI=1S/C24H21N3O5/c1-4-31-20-7-5-19(6-8-20)26-24(28)18(14-25)12-21-9-10-23(32-21)17-11-15(2)16(3)22(13-17)27(29)30/h5-13H,4H2,1-3H3,(H,26,28)/b18-12-. The summed E-state index contributed by atoms with van der Waals surface area (Å²) in [6.07, 6.45) is 1.32. The third-order valence-electron chi connectivity index (χ3n) is 4.82. The molecule has 1 amide bonds. The van der Waals surface area contributed by atoms with Gasteiger partial charge in [0.15, 0.2) is 0 Å². The Morgan fingerprint density at radius 3 is 2.56 bits per heavy atom. The van der Waals surface area contributed by atoms with Crippen LogP contribution in [0.2, 0.25) is 0 Å². The molecule has 0 saturated carbocycles. The van der Waals surface area contributed by atoms with Gasteiger partial charge >= 0.3 is 0 Å². The van der Waals surface area contributed by atoms with Gasteiger partial charge in [0.1, 0.15) is 28.9 Å². The van der Waals surface area contributed by atoms with Gasteiger partial charge in [-0.25, -0.2) is 0 Å². The van der Waals surface area contributed by atoms with E-state index in [9.17, 15) is 20.2 Å². The molecule has 0 radical (unpaired) electrons. The molecule has 0 saturated heterocycles. The molecule has 8 heteroatoms. The van der Waals surface area contributed by atoms with Crippen molar-refractivity contribution in [3.63, 3.8) is 0 Å². The molecule has 3 aromatic rings. The van der Waals surface area contributed by atoms with Crippen LogP contribution in [0.4, 0.5) is 11.4 Å². The minimum absolute atomic E-state index is 0.000869. The lowest BCUT2D eigenvalue weighted by Gasteiger charge is -2.06. The van der Waals surface area contributed by atoms with E-state index < -0.39 is 10.8 Å². The van der Waals surface area contributed by atoms with Crippen LogP contribution in [-0.4, -0.2) is 17.4 Å². The van der Waals surface area contributed by atoms with Crippen LogP contribution < -0.4 is 10.1 Å². The normalized spacial score (nSPS) is 11.0. The number of rotatable bonds is 7. The fourth-order valence-corrected chi connectivity index (χ4v) is 3.05. The first-order valence-corrected chi connectivity index (χ1v) is 9.84. The average molecular weight is 431 g/mol. The van der Waals surface area contributed by atoms with Crippen LogP contribution in [0, 0.1) is 35.3 Å². The van der Waals surface area contributed by atoms with Crippen molar-refractivity contribution in [1.29, 1.82) is 5.26 Å². The number of nitro groups is 1. The summed E-state index contributed by atoms with van der Waals surface area (Å²) < 4.78 is 11.1. The number of benzene rings is 2. The summed E-state index contributed by atoms with van der Waals surface area (Å²) in [5.41, 5.74) is 2.25. The molecule has 0 atom stereocenters. The molecule has 0 bridgehead atoms. The monoisotopic (exact) mass is 431 g/mol. The van der Waals surface area contributed by atoms with E-state index in [1.807, 2.05) is 13.0 Å². The number of ether oxygens (including phenoxy) is 1. The van der Waals surface area contributed by atoms with Crippen molar-refractivity contribution in [2.75, 3.05) is 11.9 Å². The van der Waals surface area contributed by atoms with Crippen LogP contribution in [0.5, 0.6) is 5.75 Å². The summed E-state index contributed by atoms with van der Waals surface area (Å²) >= 11 is 0. The van der Waals surface area contributed by atoms with E-state index in [1.165, 1.54) is 12.1 Å². The van der Waals surface area contributed by atoms with Crippen molar-refractivity contribution in [2.24, 2.45) is 0 Å². The molecule has 1 heterocycles. The zero-order valence-electron chi connectivity index (χ0n) is 17.8. The minimum atomic E-state index is -0.587. The number of anilines is 1. The van der Waals surface area contributed by atoms with Crippen molar-refractivity contribution in [2.45, 2.75) is 20.8 Å². The second-order valence-corrected chi connectivity index (χ2v) is 6.98. The van der Waals surface area contributed by atoms with Gasteiger partial charge < -0.3 is 14.5 Å². The van der Waals surface area contributed by atoms with Gasteiger partial charge in [-0.3, -0.25) is 14.9 Å². The fourth-order valence-electron chi connectivity index (χ4n) is 3.05. The summed E-state index contributed by atoms with van der Waals surface area (Å²) in [6.45, 7) is 5.89. The Balaban J connectivity index is 1.81. The first-order chi connectivity index (χ1) is 15.3. The van der Waals surface area contributed by atoms with Gasteiger partial charge in [-0.1, -0.05) is 0 Å². The summed E-state index contributed by atoms with van der Waals surface area (Å²) in [5.74, 6) is 0.763. The van der Waals surface area contributed by atoms with E-state index in [1.54, 1.807) is 56.3 Å². The number of amides is 1. The third kappa shape index (κ3) is 5.02. The molecule has 2 aromatic carbocycles. The van der Waals surface area contributed by atoms with Gasteiger partial charge in [0, 0.05) is 29.0 Å². The summed E-state index contributed by atoms with van der Waals surface area (Å²) in [7, 11) is 0. The molecule has 32 heavy (non-hydrogen) atoms. The van der Waals surface area contributed by atoms with Crippen molar-refractivity contribution in [3.05, 3.63) is 81.1 Å². The third-order valence-corrected chi connectivity index (χ3v) is 4.82. The zero-order valence-corrected chi connectivity index (χ0v) is 17.8. The van der Waals surface area contributed by atoms with Gasteiger partial charge in [-0.05, 0) is 68.8 Å². The van der Waals surface area contributed by atoms with Crippen LogP contribution in [-0.2, 0) is 4.79 Å². The lowest BCUT2D eigenvalue weighted by atomic mass is 10.0. The quantitative estimate of drug-likeness (QED) is 0.231. The summed E-state index contributed by atoms with van der Waals surface area (Å²) in [5, 5.41) is 23.4. The number of nitrogens with one attached hydrogen (secondary N) is 1. The average Bonchev–Trinajstić information content (AvgIpc) is 3.23. The summed E-state index contributed by atoms with van der Waals surface area (Å²) in [4.78, 5) is 23.4. The molecule has 0 unspecified atom stereocenters. The number of hydrogen-bond acceptors (Lipinski definition) is 6. The maximum absolute atomic E-state index is 12.5. The molecule has 1 N–H and O–H groups in total. The van der Waals surface area contributed by atoms with Gasteiger partial charge in [0.05, 0.1) is 11.5 Å². The van der Waals surface area contributed by atoms with Gasteiger partial charge in [0.2, 0.25) is 0 Å². The van der Waals surface area contributed by atoms with E-state index in [4.69, 9.17) is 9.15 Å². The number of hydrogen-bond donors (Lipinski definition) is 1. The number of nitriles is 1. The molecule has 0 fully saturated rings. The largest absolute Gasteiger partial charge is 0.494 e. The highest BCUT2D eigenvalue weighted by Gasteiger charge is 2.17. The maximum atomic E-state index is 12.5. The fraction of sp³-hybridized carbons (Fsp3) is 0.167. The van der Waals surface area contributed by atoms with E-state index in [0.29, 0.717) is 34.9 Å². The highest BCUT2D eigenvalue weighted by atomic mass is 16.6. The number of nitrogens with zero attached hydrogens (tertiary/aromatic N) is 2. The predicted octanol–water partition coefficient (Wildman–Crippen LogP) is 5.42. The van der Waals surface area contributed by atoms with Crippen molar-refractivity contribution in [3.8, 4) is 23.1 Å². The van der Waals surface area contributed by atoms with E-state index in [2.05, 4.69) is 5.32 Å². The SMILES string of the molecule is CCOc1ccc(NC(=O)/C(C#N)=C\c2ccc(-c3cc(C)c(C)c([N+](=O)[O-])c3)o2)cc1.